The Bertz CT molecular complexity index is 1250. The van der Waals surface area contributed by atoms with Crippen LogP contribution < -0.4 is 5.32 Å². The lowest BCUT2D eigenvalue weighted by atomic mass is 10.1. The maximum atomic E-state index is 15.2. The highest BCUT2D eigenvalue weighted by molar-refractivity contribution is 14.1. The van der Waals surface area contributed by atoms with Crippen molar-refractivity contribution in [2.24, 2.45) is 0 Å². The SMILES string of the molecule is Cc1ccc2c(c1)nc(-c1c(F)cc(C(=O)NCI)cc1F)n2C[C@H]1CN(C(=O)OCI)CCO1. The summed E-state index contributed by atoms with van der Waals surface area (Å²) in [7, 11) is 0. The van der Waals surface area contributed by atoms with Crippen LogP contribution in [0.25, 0.3) is 22.4 Å². The Morgan fingerprint density at radius 1 is 1.23 bits per heavy atom. The molecular weight excluding hydrogens is 688 g/mol. The number of ether oxygens (including phenoxy) is 2. The predicted molar refractivity (Wildman–Crippen MR) is 143 cm³/mol. The molecule has 186 valence electrons. The highest BCUT2D eigenvalue weighted by atomic mass is 127. The number of carbonyl (C=O) groups is 2. The third-order valence-corrected chi connectivity index (χ3v) is 6.31. The van der Waals surface area contributed by atoms with Crippen LogP contribution in [0.2, 0.25) is 0 Å². The van der Waals surface area contributed by atoms with Gasteiger partial charge in [-0.3, -0.25) is 4.79 Å². The standard InChI is InChI=1S/C23H22F2I2N4O4/c1-13-2-3-19-18(6-13)29-21(20-16(24)7-14(8-17(20)25)22(32)28-11-26)31(19)10-15-9-30(4-5-34-15)23(33)35-12-27/h2-3,6-8,15H,4-5,9-12H2,1H3,(H,28,32)/t15-/m1/s1. The summed E-state index contributed by atoms with van der Waals surface area (Å²) in [4.78, 5) is 30.4. The fourth-order valence-corrected chi connectivity index (χ4v) is 4.65. The van der Waals surface area contributed by atoms with Crippen LogP contribution in [0.1, 0.15) is 15.9 Å². The van der Waals surface area contributed by atoms with Gasteiger partial charge in [0.1, 0.15) is 22.1 Å². The zero-order valence-electron chi connectivity index (χ0n) is 18.7. The molecule has 1 fully saturated rings. The molecule has 1 aliphatic rings. The molecule has 0 spiro atoms. The van der Waals surface area contributed by atoms with E-state index in [9.17, 15) is 9.59 Å². The normalized spacial score (nSPS) is 15.9. The van der Waals surface area contributed by atoms with Crippen LogP contribution in [-0.4, -0.2) is 61.4 Å². The number of nitrogens with zero attached hydrogens (tertiary/aromatic N) is 3. The van der Waals surface area contributed by atoms with Gasteiger partial charge in [0.25, 0.3) is 5.91 Å². The van der Waals surface area contributed by atoms with Crippen molar-refractivity contribution in [1.29, 1.82) is 0 Å². The Balaban J connectivity index is 1.75. The third kappa shape index (κ3) is 5.69. The molecule has 2 amide bonds. The number of amides is 2. The van der Waals surface area contributed by atoms with Gasteiger partial charge in [-0.1, -0.05) is 28.7 Å². The minimum absolute atomic E-state index is 0.0806. The number of halogens is 4. The molecule has 1 aliphatic heterocycles. The van der Waals surface area contributed by atoms with Crippen molar-refractivity contribution >= 4 is 68.2 Å². The Hall–Kier alpha value is -2.07. The van der Waals surface area contributed by atoms with Crippen molar-refractivity contribution in [3.8, 4) is 11.4 Å². The topological polar surface area (TPSA) is 85.7 Å². The number of aryl methyl sites for hydroxylation is 1. The smallest absolute Gasteiger partial charge is 0.410 e. The molecule has 0 bridgehead atoms. The molecule has 12 heteroatoms. The number of alkyl halides is 2. The average Bonchev–Trinajstić information content (AvgIpc) is 3.15. The summed E-state index contributed by atoms with van der Waals surface area (Å²) in [5.41, 5.74) is 1.75. The largest absolute Gasteiger partial charge is 0.439 e. The molecule has 1 aromatic heterocycles. The number of rotatable bonds is 6. The molecule has 0 aliphatic carbocycles. The predicted octanol–water partition coefficient (Wildman–Crippen LogP) is 4.64. The van der Waals surface area contributed by atoms with Crippen LogP contribution in [0.5, 0.6) is 0 Å². The van der Waals surface area contributed by atoms with Gasteiger partial charge in [0, 0.05) is 12.1 Å². The molecule has 1 atom stereocenters. The van der Waals surface area contributed by atoms with Gasteiger partial charge in [-0.25, -0.2) is 18.6 Å². The summed E-state index contributed by atoms with van der Waals surface area (Å²) >= 11 is 3.89. The van der Waals surface area contributed by atoms with E-state index in [-0.39, 0.29) is 34.7 Å². The van der Waals surface area contributed by atoms with Crippen LogP contribution in [0, 0.1) is 18.6 Å². The van der Waals surface area contributed by atoms with E-state index in [1.54, 1.807) is 9.47 Å². The second-order valence-electron chi connectivity index (χ2n) is 7.95. The van der Waals surface area contributed by atoms with E-state index in [1.807, 2.05) is 70.3 Å². The number of carbonyl (C=O) groups excluding carboxylic acids is 2. The van der Waals surface area contributed by atoms with Gasteiger partial charge in [0.05, 0.1) is 46.9 Å². The molecule has 0 radical (unpaired) electrons. The van der Waals surface area contributed by atoms with E-state index in [0.29, 0.717) is 28.7 Å². The van der Waals surface area contributed by atoms with E-state index < -0.39 is 29.7 Å². The van der Waals surface area contributed by atoms with Crippen LogP contribution in [-0.2, 0) is 16.0 Å². The van der Waals surface area contributed by atoms with Crippen LogP contribution >= 0.6 is 45.2 Å². The monoisotopic (exact) mass is 710 g/mol. The Labute approximate surface area is 227 Å². The summed E-state index contributed by atoms with van der Waals surface area (Å²) in [5.74, 6) is -2.28. The molecule has 1 saturated heterocycles. The van der Waals surface area contributed by atoms with E-state index in [0.717, 1.165) is 17.7 Å². The Morgan fingerprint density at radius 3 is 2.66 bits per heavy atom. The first-order valence-electron chi connectivity index (χ1n) is 10.7. The van der Waals surface area contributed by atoms with E-state index in [2.05, 4.69) is 10.3 Å². The second kappa shape index (κ2) is 11.3. The van der Waals surface area contributed by atoms with Crippen molar-refractivity contribution in [3.05, 3.63) is 53.1 Å². The van der Waals surface area contributed by atoms with Crippen LogP contribution in [0.4, 0.5) is 13.6 Å². The van der Waals surface area contributed by atoms with Gasteiger partial charge < -0.3 is 24.3 Å². The third-order valence-electron chi connectivity index (χ3n) is 5.62. The van der Waals surface area contributed by atoms with Gasteiger partial charge in [0.15, 0.2) is 0 Å². The number of imidazole rings is 1. The first-order valence-corrected chi connectivity index (χ1v) is 13.8. The number of nitrogens with one attached hydrogen (secondary N) is 1. The number of morpholine rings is 1. The lowest BCUT2D eigenvalue weighted by Crippen LogP contribution is -2.47. The molecule has 3 aromatic rings. The summed E-state index contributed by atoms with van der Waals surface area (Å²) in [5, 5.41) is 2.53. The molecule has 0 saturated carbocycles. The number of fused-ring (bicyclic) bond motifs is 1. The van der Waals surface area contributed by atoms with E-state index >= 15 is 8.78 Å². The first-order chi connectivity index (χ1) is 16.8. The highest BCUT2D eigenvalue weighted by Crippen LogP contribution is 2.31. The van der Waals surface area contributed by atoms with Crippen LogP contribution in [0.3, 0.4) is 0 Å². The number of hydrogen-bond donors (Lipinski definition) is 1. The van der Waals surface area contributed by atoms with Gasteiger partial charge in [-0.05, 0) is 59.3 Å². The van der Waals surface area contributed by atoms with Crippen molar-refractivity contribution in [2.75, 3.05) is 28.9 Å². The molecular formula is C23H22F2I2N4O4. The number of aromatic nitrogens is 2. The fourth-order valence-electron chi connectivity index (χ4n) is 4.03. The van der Waals surface area contributed by atoms with Crippen molar-refractivity contribution in [3.63, 3.8) is 0 Å². The first kappa shape index (κ1) is 26.0. The summed E-state index contributed by atoms with van der Waals surface area (Å²) < 4.78 is 43.7. The van der Waals surface area contributed by atoms with Crippen molar-refractivity contribution in [2.45, 2.75) is 19.6 Å². The summed E-state index contributed by atoms with van der Waals surface area (Å²) in [6, 6.07) is 7.57. The van der Waals surface area contributed by atoms with E-state index in [1.165, 1.54) is 0 Å². The fraction of sp³-hybridized carbons (Fsp3) is 0.348. The number of hydrogen-bond acceptors (Lipinski definition) is 5. The lowest BCUT2D eigenvalue weighted by Gasteiger charge is -2.32. The van der Waals surface area contributed by atoms with Gasteiger partial charge in [0.2, 0.25) is 0 Å². The zero-order valence-corrected chi connectivity index (χ0v) is 23.0. The lowest BCUT2D eigenvalue weighted by molar-refractivity contribution is -0.0312. The molecule has 2 aromatic carbocycles. The van der Waals surface area contributed by atoms with Gasteiger partial charge in [-0.15, -0.1) is 0 Å². The maximum absolute atomic E-state index is 15.2. The highest BCUT2D eigenvalue weighted by Gasteiger charge is 2.28. The van der Waals surface area contributed by atoms with Crippen molar-refractivity contribution in [1.82, 2.24) is 19.8 Å². The maximum Gasteiger partial charge on any atom is 0.410 e. The summed E-state index contributed by atoms with van der Waals surface area (Å²) in [6.45, 7) is 3.08. The van der Waals surface area contributed by atoms with Gasteiger partial charge in [-0.2, -0.15) is 0 Å². The molecule has 2 heterocycles. The Kier molecular flexibility index (Phi) is 8.42. The van der Waals surface area contributed by atoms with E-state index in [4.69, 9.17) is 9.47 Å². The minimum atomic E-state index is -0.895. The molecule has 35 heavy (non-hydrogen) atoms. The molecule has 1 N–H and O–H groups in total. The molecule has 0 unspecified atom stereocenters. The number of benzene rings is 2. The van der Waals surface area contributed by atoms with Crippen molar-refractivity contribution < 1.29 is 27.8 Å². The molecule has 8 nitrogen and oxygen atoms in total. The second-order valence-corrected chi connectivity index (χ2v) is 9.34. The average molecular weight is 710 g/mol. The zero-order chi connectivity index (χ0) is 25.1. The summed E-state index contributed by atoms with van der Waals surface area (Å²) in [6.07, 6.45) is -0.876. The van der Waals surface area contributed by atoms with Gasteiger partial charge >= 0.3 is 6.09 Å². The Morgan fingerprint density at radius 2 is 1.97 bits per heavy atom. The molecule has 4 rings (SSSR count). The minimum Gasteiger partial charge on any atom is -0.439 e. The van der Waals surface area contributed by atoms with Crippen LogP contribution in [0.15, 0.2) is 30.3 Å². The quantitative estimate of drug-likeness (QED) is 0.229.